The number of pyridine rings is 1. The van der Waals surface area contributed by atoms with Crippen molar-refractivity contribution in [2.75, 3.05) is 0 Å². The Morgan fingerprint density at radius 3 is 2.42 bits per heavy atom. The lowest BCUT2D eigenvalue weighted by Gasteiger charge is -2.25. The van der Waals surface area contributed by atoms with Crippen LogP contribution in [0.25, 0.3) is 0 Å². The number of nitrogens with zero attached hydrogens (tertiary/aromatic N) is 1. The molecule has 1 aliphatic carbocycles. The molecular weight excluding hydrogens is 241 g/mol. The van der Waals surface area contributed by atoms with Crippen molar-refractivity contribution < 1.29 is 9.18 Å². The van der Waals surface area contributed by atoms with E-state index >= 15 is 0 Å². The van der Waals surface area contributed by atoms with Gasteiger partial charge >= 0.3 is 0 Å². The lowest BCUT2D eigenvalue weighted by molar-refractivity contribution is 0.103. The fraction of sp³-hybridized carbons (Fsp3) is 0.250. The second kappa shape index (κ2) is 4.92. The number of halogens is 1. The third-order valence-corrected chi connectivity index (χ3v) is 3.72. The van der Waals surface area contributed by atoms with E-state index in [0.717, 1.165) is 6.20 Å². The molecule has 0 spiro atoms. The van der Waals surface area contributed by atoms with Crippen LogP contribution in [0.2, 0.25) is 0 Å². The summed E-state index contributed by atoms with van der Waals surface area (Å²) in [6, 6.07) is 8.87. The summed E-state index contributed by atoms with van der Waals surface area (Å²) in [5.41, 5.74) is 2.16. The highest BCUT2D eigenvalue weighted by Gasteiger charge is 2.19. The molecule has 1 fully saturated rings. The van der Waals surface area contributed by atoms with Crippen LogP contribution < -0.4 is 0 Å². The minimum atomic E-state index is -0.489. The van der Waals surface area contributed by atoms with Gasteiger partial charge in [-0.1, -0.05) is 30.7 Å². The summed E-state index contributed by atoms with van der Waals surface area (Å²) < 4.78 is 13.1. The van der Waals surface area contributed by atoms with Crippen LogP contribution in [0, 0.1) is 5.82 Å². The van der Waals surface area contributed by atoms with Crippen molar-refractivity contribution in [3.63, 3.8) is 0 Å². The molecule has 96 valence electrons. The standard InChI is InChI=1S/C16H14FNO/c17-15-8-14(9-18-10-15)16(19)13-6-4-12(5-7-13)11-2-1-3-11/h4-11H,1-3H2. The Kier molecular flexibility index (Phi) is 3.11. The molecule has 3 heteroatoms. The first kappa shape index (κ1) is 12.0. The fourth-order valence-corrected chi connectivity index (χ4v) is 2.35. The lowest BCUT2D eigenvalue weighted by Crippen LogP contribution is -2.09. The van der Waals surface area contributed by atoms with Gasteiger partial charge in [-0.3, -0.25) is 9.78 Å². The van der Waals surface area contributed by atoms with Gasteiger partial charge in [0.1, 0.15) is 5.82 Å². The van der Waals surface area contributed by atoms with E-state index in [4.69, 9.17) is 0 Å². The average Bonchev–Trinajstić information content (AvgIpc) is 2.37. The third-order valence-electron chi connectivity index (χ3n) is 3.72. The fourth-order valence-electron chi connectivity index (χ4n) is 2.35. The highest BCUT2D eigenvalue weighted by Crippen LogP contribution is 2.36. The van der Waals surface area contributed by atoms with Gasteiger partial charge in [-0.05, 0) is 30.4 Å². The van der Waals surface area contributed by atoms with E-state index in [-0.39, 0.29) is 11.3 Å². The number of ketones is 1. The normalized spacial score (nSPS) is 15.0. The van der Waals surface area contributed by atoms with Gasteiger partial charge in [0.2, 0.25) is 0 Å². The Labute approximate surface area is 111 Å². The van der Waals surface area contributed by atoms with E-state index in [9.17, 15) is 9.18 Å². The van der Waals surface area contributed by atoms with Crippen molar-refractivity contribution in [2.24, 2.45) is 0 Å². The first-order chi connectivity index (χ1) is 9.24. The number of hydrogen-bond donors (Lipinski definition) is 0. The molecule has 1 saturated carbocycles. The number of aromatic nitrogens is 1. The molecule has 2 nitrogen and oxygen atoms in total. The van der Waals surface area contributed by atoms with E-state index in [1.165, 1.54) is 37.1 Å². The Balaban J connectivity index is 1.83. The lowest BCUT2D eigenvalue weighted by atomic mass is 9.80. The van der Waals surface area contributed by atoms with Crippen LogP contribution >= 0.6 is 0 Å². The molecule has 0 aliphatic heterocycles. The molecule has 0 bridgehead atoms. The summed E-state index contributed by atoms with van der Waals surface area (Å²) in [6.45, 7) is 0. The number of rotatable bonds is 3. The Morgan fingerprint density at radius 2 is 1.84 bits per heavy atom. The molecule has 3 rings (SSSR count). The first-order valence-electron chi connectivity index (χ1n) is 6.49. The summed E-state index contributed by atoms with van der Waals surface area (Å²) in [4.78, 5) is 15.9. The van der Waals surface area contributed by atoms with Crippen LogP contribution in [0.3, 0.4) is 0 Å². The highest BCUT2D eigenvalue weighted by molar-refractivity contribution is 6.08. The zero-order chi connectivity index (χ0) is 13.2. The number of hydrogen-bond acceptors (Lipinski definition) is 2. The van der Waals surface area contributed by atoms with E-state index in [0.29, 0.717) is 11.5 Å². The summed E-state index contributed by atoms with van der Waals surface area (Å²) in [7, 11) is 0. The molecule has 19 heavy (non-hydrogen) atoms. The largest absolute Gasteiger partial charge is 0.289 e. The van der Waals surface area contributed by atoms with Gasteiger partial charge in [-0.25, -0.2) is 4.39 Å². The minimum absolute atomic E-state index is 0.188. The smallest absolute Gasteiger partial charge is 0.194 e. The quantitative estimate of drug-likeness (QED) is 0.782. The van der Waals surface area contributed by atoms with Gasteiger partial charge in [0.05, 0.1) is 6.20 Å². The monoisotopic (exact) mass is 255 g/mol. The Bertz CT molecular complexity index is 602. The number of benzene rings is 1. The van der Waals surface area contributed by atoms with Crippen LogP contribution in [-0.2, 0) is 0 Å². The molecule has 1 heterocycles. The molecule has 0 unspecified atom stereocenters. The molecule has 0 N–H and O–H groups in total. The zero-order valence-electron chi connectivity index (χ0n) is 10.5. The van der Waals surface area contributed by atoms with Gasteiger partial charge in [0, 0.05) is 17.3 Å². The van der Waals surface area contributed by atoms with Crippen molar-refractivity contribution in [1.29, 1.82) is 0 Å². The first-order valence-corrected chi connectivity index (χ1v) is 6.49. The third kappa shape index (κ3) is 2.41. The maximum absolute atomic E-state index is 13.1. The van der Waals surface area contributed by atoms with E-state index in [1.54, 1.807) is 0 Å². The summed E-state index contributed by atoms with van der Waals surface area (Å²) in [5.74, 6) is -0.0240. The summed E-state index contributed by atoms with van der Waals surface area (Å²) in [6.07, 6.45) is 6.25. The van der Waals surface area contributed by atoms with E-state index in [1.807, 2.05) is 24.3 Å². The zero-order valence-corrected chi connectivity index (χ0v) is 10.5. The second-order valence-electron chi connectivity index (χ2n) is 4.97. The molecule has 0 amide bonds. The van der Waals surface area contributed by atoms with Crippen molar-refractivity contribution in [1.82, 2.24) is 4.98 Å². The topological polar surface area (TPSA) is 30.0 Å². The molecule has 2 aromatic rings. The van der Waals surface area contributed by atoms with Gasteiger partial charge in [0.25, 0.3) is 0 Å². The van der Waals surface area contributed by atoms with Crippen LogP contribution in [-0.4, -0.2) is 10.8 Å². The van der Waals surface area contributed by atoms with E-state index in [2.05, 4.69) is 4.98 Å². The maximum Gasteiger partial charge on any atom is 0.194 e. The molecule has 0 saturated heterocycles. The van der Waals surface area contributed by atoms with Gasteiger partial charge < -0.3 is 0 Å². The van der Waals surface area contributed by atoms with Crippen LogP contribution in [0.15, 0.2) is 42.7 Å². The van der Waals surface area contributed by atoms with Crippen molar-refractivity contribution >= 4 is 5.78 Å². The molecule has 1 aromatic carbocycles. The molecule has 1 aromatic heterocycles. The van der Waals surface area contributed by atoms with Gasteiger partial charge in [-0.15, -0.1) is 0 Å². The van der Waals surface area contributed by atoms with Crippen LogP contribution in [0.4, 0.5) is 4.39 Å². The van der Waals surface area contributed by atoms with Crippen LogP contribution in [0.1, 0.15) is 46.7 Å². The number of carbonyl (C=O) groups excluding carboxylic acids is 1. The average molecular weight is 255 g/mol. The molecular formula is C16H14FNO. The highest BCUT2D eigenvalue weighted by atomic mass is 19.1. The van der Waals surface area contributed by atoms with Crippen molar-refractivity contribution in [2.45, 2.75) is 25.2 Å². The Hall–Kier alpha value is -2.03. The summed E-state index contributed by atoms with van der Waals surface area (Å²) >= 11 is 0. The summed E-state index contributed by atoms with van der Waals surface area (Å²) in [5, 5.41) is 0. The maximum atomic E-state index is 13.1. The van der Waals surface area contributed by atoms with Crippen molar-refractivity contribution in [3.8, 4) is 0 Å². The van der Waals surface area contributed by atoms with Gasteiger partial charge in [0.15, 0.2) is 5.78 Å². The SMILES string of the molecule is O=C(c1ccc(C2CCC2)cc1)c1cncc(F)c1. The number of carbonyl (C=O) groups is 1. The van der Waals surface area contributed by atoms with E-state index < -0.39 is 5.82 Å². The van der Waals surface area contributed by atoms with Gasteiger partial charge in [-0.2, -0.15) is 0 Å². The molecule has 0 atom stereocenters. The predicted molar refractivity (Wildman–Crippen MR) is 70.7 cm³/mol. The second-order valence-corrected chi connectivity index (χ2v) is 4.97. The Morgan fingerprint density at radius 1 is 1.11 bits per heavy atom. The molecule has 0 radical (unpaired) electrons. The van der Waals surface area contributed by atoms with Crippen molar-refractivity contribution in [3.05, 3.63) is 65.2 Å². The predicted octanol–water partition coefficient (Wildman–Crippen LogP) is 3.72. The van der Waals surface area contributed by atoms with Crippen LogP contribution in [0.5, 0.6) is 0 Å². The molecule has 1 aliphatic rings. The minimum Gasteiger partial charge on any atom is -0.289 e.